The lowest BCUT2D eigenvalue weighted by molar-refractivity contribution is 0.197. The van der Waals surface area contributed by atoms with Crippen LogP contribution in [0, 0.1) is 29.6 Å². The zero-order valence-corrected chi connectivity index (χ0v) is 23.6. The molecule has 4 rings (SSSR count). The van der Waals surface area contributed by atoms with Crippen molar-refractivity contribution in [2.75, 3.05) is 0 Å². The van der Waals surface area contributed by atoms with Crippen molar-refractivity contribution < 1.29 is 0 Å². The van der Waals surface area contributed by atoms with Crippen molar-refractivity contribution in [3.8, 4) is 0 Å². The van der Waals surface area contributed by atoms with Gasteiger partial charge in [0.15, 0.2) is 0 Å². The first kappa shape index (κ1) is 27.3. The molecule has 3 aliphatic rings. The van der Waals surface area contributed by atoms with Gasteiger partial charge in [-0.15, -0.1) is 0 Å². The maximum atomic E-state index is 2.53. The Labute approximate surface area is 219 Å². The van der Waals surface area contributed by atoms with Crippen molar-refractivity contribution in [1.29, 1.82) is 0 Å². The van der Waals surface area contributed by atoms with E-state index in [0.29, 0.717) is 0 Å². The average Bonchev–Trinajstić information content (AvgIpc) is 2.92. The third-order valence-corrected chi connectivity index (χ3v) is 10.7. The highest BCUT2D eigenvalue weighted by Crippen LogP contribution is 2.40. The largest absolute Gasteiger partial charge is 0.0654 e. The molecule has 35 heavy (non-hydrogen) atoms. The van der Waals surface area contributed by atoms with Crippen LogP contribution in [0.25, 0.3) is 0 Å². The van der Waals surface area contributed by atoms with Gasteiger partial charge in [0.1, 0.15) is 0 Å². The van der Waals surface area contributed by atoms with Gasteiger partial charge in [0.2, 0.25) is 0 Å². The number of hydrogen-bond acceptors (Lipinski definition) is 0. The molecule has 1 atom stereocenters. The molecule has 3 aliphatic carbocycles. The highest BCUT2D eigenvalue weighted by molar-refractivity contribution is 5.26. The number of benzene rings is 1. The van der Waals surface area contributed by atoms with E-state index in [1.54, 1.807) is 11.1 Å². The lowest BCUT2D eigenvalue weighted by atomic mass is 9.72. The molecule has 3 saturated carbocycles. The predicted molar refractivity (Wildman–Crippen MR) is 154 cm³/mol. The van der Waals surface area contributed by atoms with Crippen molar-refractivity contribution in [1.82, 2.24) is 0 Å². The van der Waals surface area contributed by atoms with E-state index in [2.05, 4.69) is 38.1 Å². The monoisotopic (exact) mass is 478 g/mol. The first-order chi connectivity index (χ1) is 17.2. The summed E-state index contributed by atoms with van der Waals surface area (Å²) in [7, 11) is 0. The van der Waals surface area contributed by atoms with E-state index in [1.807, 2.05) is 0 Å². The summed E-state index contributed by atoms with van der Waals surface area (Å²) >= 11 is 0. The summed E-state index contributed by atoms with van der Waals surface area (Å²) in [6, 6.07) is 10.1. The third kappa shape index (κ3) is 8.64. The van der Waals surface area contributed by atoms with Crippen LogP contribution in [0.3, 0.4) is 0 Å². The second-order valence-corrected chi connectivity index (χ2v) is 13.2. The van der Waals surface area contributed by atoms with Crippen LogP contribution < -0.4 is 0 Å². The molecule has 1 unspecified atom stereocenters. The predicted octanol–water partition coefficient (Wildman–Crippen LogP) is 11.3. The Morgan fingerprint density at radius 1 is 0.629 bits per heavy atom. The normalized spacial score (nSPS) is 29.2. The van der Waals surface area contributed by atoms with Gasteiger partial charge in [-0.2, -0.15) is 0 Å². The Balaban J connectivity index is 1.28. The zero-order valence-electron chi connectivity index (χ0n) is 23.6. The van der Waals surface area contributed by atoms with Crippen molar-refractivity contribution in [2.24, 2.45) is 29.6 Å². The third-order valence-electron chi connectivity index (χ3n) is 10.7. The molecule has 0 bridgehead atoms. The van der Waals surface area contributed by atoms with E-state index in [9.17, 15) is 0 Å². The maximum absolute atomic E-state index is 2.53. The van der Waals surface area contributed by atoms with Crippen LogP contribution in [0.2, 0.25) is 0 Å². The standard InChI is InChI=1S/C35H58/c1-3-5-10-29-17-22-33(23-18-29)34-24-20-31(21-25-34)27-35(32-11-7-6-8-12-32)26-19-30-15-13-28(9-4-2)14-16-30/h20-21,24-25,28-30,32-33,35H,3-19,22-23,26-27H2,1-2H3. The number of unbranched alkanes of at least 4 members (excludes halogenated alkanes) is 1. The molecule has 0 N–H and O–H groups in total. The summed E-state index contributed by atoms with van der Waals surface area (Å²) in [5.74, 6) is 5.86. The topological polar surface area (TPSA) is 0 Å². The molecular formula is C35H58. The van der Waals surface area contributed by atoms with Crippen molar-refractivity contribution in [3.05, 3.63) is 35.4 Å². The minimum atomic E-state index is 0.832. The van der Waals surface area contributed by atoms with Gasteiger partial charge in [-0.1, -0.05) is 134 Å². The minimum absolute atomic E-state index is 0.832. The lowest BCUT2D eigenvalue weighted by Gasteiger charge is -2.33. The van der Waals surface area contributed by atoms with Gasteiger partial charge in [-0.3, -0.25) is 0 Å². The first-order valence-corrected chi connectivity index (χ1v) is 16.3. The Hall–Kier alpha value is -0.780. The Kier molecular flexibility index (Phi) is 11.6. The summed E-state index contributed by atoms with van der Waals surface area (Å²) in [6.45, 7) is 4.71. The van der Waals surface area contributed by atoms with Crippen LogP contribution in [0.5, 0.6) is 0 Å². The van der Waals surface area contributed by atoms with Gasteiger partial charge in [0.25, 0.3) is 0 Å². The fraction of sp³-hybridized carbons (Fsp3) is 0.829. The molecule has 3 fully saturated rings. The summed E-state index contributed by atoms with van der Waals surface area (Å²) in [6.07, 6.45) is 30.9. The summed E-state index contributed by atoms with van der Waals surface area (Å²) in [5, 5.41) is 0. The fourth-order valence-electron chi connectivity index (χ4n) is 8.28. The van der Waals surface area contributed by atoms with E-state index in [-0.39, 0.29) is 0 Å². The van der Waals surface area contributed by atoms with Crippen molar-refractivity contribution >= 4 is 0 Å². The molecule has 0 heteroatoms. The minimum Gasteiger partial charge on any atom is -0.0654 e. The number of hydrogen-bond donors (Lipinski definition) is 0. The van der Waals surface area contributed by atoms with E-state index >= 15 is 0 Å². The smallest absolute Gasteiger partial charge is 0.0162 e. The quantitative estimate of drug-likeness (QED) is 0.280. The molecular weight excluding hydrogens is 420 g/mol. The molecule has 1 aromatic rings. The summed E-state index contributed by atoms with van der Waals surface area (Å²) < 4.78 is 0. The van der Waals surface area contributed by atoms with Crippen LogP contribution in [-0.4, -0.2) is 0 Å². The second-order valence-electron chi connectivity index (χ2n) is 13.2. The van der Waals surface area contributed by atoms with Crippen molar-refractivity contribution in [3.63, 3.8) is 0 Å². The van der Waals surface area contributed by atoms with Gasteiger partial charge in [0.05, 0.1) is 0 Å². The van der Waals surface area contributed by atoms with Crippen molar-refractivity contribution in [2.45, 2.75) is 155 Å². The summed E-state index contributed by atoms with van der Waals surface area (Å²) in [5.41, 5.74) is 3.27. The second kappa shape index (κ2) is 14.8. The highest BCUT2D eigenvalue weighted by atomic mass is 14.3. The van der Waals surface area contributed by atoms with Gasteiger partial charge >= 0.3 is 0 Å². The SMILES string of the molecule is CCCCC1CCC(c2ccc(CC(CCC3CCC(CCC)CC3)C3CCCCC3)cc2)CC1. The maximum Gasteiger partial charge on any atom is -0.0162 e. The zero-order chi connectivity index (χ0) is 24.3. The molecule has 198 valence electrons. The molecule has 0 nitrogen and oxygen atoms in total. The van der Waals surface area contributed by atoms with Gasteiger partial charge in [-0.25, -0.2) is 0 Å². The van der Waals surface area contributed by atoms with E-state index in [4.69, 9.17) is 0 Å². The number of rotatable bonds is 12. The van der Waals surface area contributed by atoms with E-state index in [0.717, 1.165) is 35.5 Å². The van der Waals surface area contributed by atoms with Gasteiger partial charge in [0, 0.05) is 0 Å². The van der Waals surface area contributed by atoms with Crippen LogP contribution in [0.1, 0.15) is 159 Å². The molecule has 0 amide bonds. The van der Waals surface area contributed by atoms with Gasteiger partial charge in [-0.05, 0) is 85.2 Å². The van der Waals surface area contributed by atoms with Crippen LogP contribution in [0.15, 0.2) is 24.3 Å². The summed E-state index contributed by atoms with van der Waals surface area (Å²) in [4.78, 5) is 0. The Bertz CT molecular complexity index is 664. The van der Waals surface area contributed by atoms with Gasteiger partial charge < -0.3 is 0 Å². The molecule has 0 saturated heterocycles. The highest BCUT2D eigenvalue weighted by Gasteiger charge is 2.27. The lowest BCUT2D eigenvalue weighted by Crippen LogP contribution is -2.22. The Morgan fingerprint density at radius 3 is 1.86 bits per heavy atom. The molecule has 1 aromatic carbocycles. The average molecular weight is 479 g/mol. The van der Waals surface area contributed by atoms with E-state index in [1.165, 1.54) is 135 Å². The first-order valence-electron chi connectivity index (χ1n) is 16.3. The van der Waals surface area contributed by atoms with Crippen LogP contribution in [0.4, 0.5) is 0 Å². The molecule has 0 spiro atoms. The molecule has 0 aromatic heterocycles. The van der Waals surface area contributed by atoms with Crippen LogP contribution >= 0.6 is 0 Å². The van der Waals surface area contributed by atoms with E-state index < -0.39 is 0 Å². The molecule has 0 aliphatic heterocycles. The van der Waals surface area contributed by atoms with Crippen LogP contribution in [-0.2, 0) is 6.42 Å². The molecule has 0 radical (unpaired) electrons. The fourth-order valence-corrected chi connectivity index (χ4v) is 8.28. The molecule has 0 heterocycles. The Morgan fingerprint density at radius 2 is 1.23 bits per heavy atom.